The van der Waals surface area contributed by atoms with E-state index >= 15 is 0 Å². The molecule has 4 heteroatoms. The fourth-order valence-electron chi connectivity index (χ4n) is 2.33. The summed E-state index contributed by atoms with van der Waals surface area (Å²) >= 11 is 0. The van der Waals surface area contributed by atoms with Crippen LogP contribution in [-0.4, -0.2) is 24.4 Å². The summed E-state index contributed by atoms with van der Waals surface area (Å²) in [7, 11) is 0. The Morgan fingerprint density at radius 2 is 1.67 bits per heavy atom. The summed E-state index contributed by atoms with van der Waals surface area (Å²) in [6.07, 6.45) is 3.13. The first-order valence-corrected chi connectivity index (χ1v) is 8.42. The molecule has 0 radical (unpaired) electrons. The minimum Gasteiger partial charge on any atom is -0.491 e. The SMILES string of the molecule is OC(CCCCCOCc1ccccc1)COc1ccc(F)cc1. The van der Waals surface area contributed by atoms with Gasteiger partial charge in [-0.3, -0.25) is 0 Å². The predicted octanol–water partition coefficient (Wildman–Crippen LogP) is 4.34. The third-order valence-corrected chi connectivity index (χ3v) is 3.69. The number of rotatable bonds is 11. The van der Waals surface area contributed by atoms with Crippen LogP contribution in [0.1, 0.15) is 31.2 Å². The van der Waals surface area contributed by atoms with Crippen molar-refractivity contribution in [1.29, 1.82) is 0 Å². The third kappa shape index (κ3) is 7.57. The average molecular weight is 332 g/mol. The topological polar surface area (TPSA) is 38.7 Å². The maximum atomic E-state index is 12.8. The predicted molar refractivity (Wildman–Crippen MR) is 92.5 cm³/mol. The molecule has 0 heterocycles. The molecule has 0 fully saturated rings. The van der Waals surface area contributed by atoms with Crippen molar-refractivity contribution in [3.63, 3.8) is 0 Å². The Balaban J connectivity index is 1.46. The van der Waals surface area contributed by atoms with Crippen molar-refractivity contribution in [1.82, 2.24) is 0 Å². The maximum Gasteiger partial charge on any atom is 0.123 e. The van der Waals surface area contributed by atoms with Crippen LogP contribution < -0.4 is 4.74 Å². The van der Waals surface area contributed by atoms with E-state index in [1.54, 1.807) is 12.1 Å². The summed E-state index contributed by atoms with van der Waals surface area (Å²) in [4.78, 5) is 0. The van der Waals surface area contributed by atoms with E-state index in [1.165, 1.54) is 17.7 Å². The lowest BCUT2D eigenvalue weighted by molar-refractivity contribution is 0.0934. The fraction of sp³-hybridized carbons (Fsp3) is 0.400. The highest BCUT2D eigenvalue weighted by Crippen LogP contribution is 2.12. The fourth-order valence-corrected chi connectivity index (χ4v) is 2.33. The van der Waals surface area contributed by atoms with E-state index in [2.05, 4.69) is 12.1 Å². The van der Waals surface area contributed by atoms with E-state index in [0.29, 0.717) is 18.8 Å². The van der Waals surface area contributed by atoms with Gasteiger partial charge in [-0.25, -0.2) is 4.39 Å². The molecule has 0 aliphatic rings. The van der Waals surface area contributed by atoms with Gasteiger partial charge in [0, 0.05) is 6.61 Å². The lowest BCUT2D eigenvalue weighted by Crippen LogP contribution is -2.17. The van der Waals surface area contributed by atoms with Crippen LogP contribution in [0.3, 0.4) is 0 Å². The van der Waals surface area contributed by atoms with Crippen molar-refractivity contribution >= 4 is 0 Å². The van der Waals surface area contributed by atoms with Crippen molar-refractivity contribution in [2.75, 3.05) is 13.2 Å². The average Bonchev–Trinajstić information content (AvgIpc) is 2.61. The molecule has 0 saturated carbocycles. The molecule has 0 aliphatic carbocycles. The number of ether oxygens (including phenoxy) is 2. The van der Waals surface area contributed by atoms with Gasteiger partial charge in [-0.2, -0.15) is 0 Å². The summed E-state index contributed by atoms with van der Waals surface area (Å²) in [6.45, 7) is 1.61. The molecule has 0 bridgehead atoms. The first kappa shape index (κ1) is 18.4. The first-order valence-electron chi connectivity index (χ1n) is 8.42. The number of aliphatic hydroxyl groups is 1. The Morgan fingerprint density at radius 3 is 2.42 bits per heavy atom. The molecule has 0 spiro atoms. The van der Waals surface area contributed by atoms with Crippen molar-refractivity contribution < 1.29 is 19.0 Å². The summed E-state index contributed by atoms with van der Waals surface area (Å²) in [5.41, 5.74) is 1.19. The number of benzene rings is 2. The first-order chi connectivity index (χ1) is 11.7. The zero-order chi connectivity index (χ0) is 17.0. The third-order valence-electron chi connectivity index (χ3n) is 3.69. The molecule has 0 amide bonds. The Hall–Kier alpha value is -1.91. The van der Waals surface area contributed by atoms with Gasteiger partial charge in [0.25, 0.3) is 0 Å². The normalized spacial score (nSPS) is 12.1. The second kappa shape index (κ2) is 10.8. The molecule has 2 aromatic carbocycles. The van der Waals surface area contributed by atoms with Crippen molar-refractivity contribution in [3.05, 3.63) is 66.0 Å². The molecule has 1 unspecified atom stereocenters. The standard InChI is InChI=1S/C20H25FO3/c21-18-10-12-20(13-11-18)24-16-19(22)9-5-2-6-14-23-15-17-7-3-1-4-8-17/h1,3-4,7-8,10-13,19,22H,2,5-6,9,14-16H2. The molecule has 24 heavy (non-hydrogen) atoms. The van der Waals surface area contributed by atoms with Crippen molar-refractivity contribution in [3.8, 4) is 5.75 Å². The highest BCUT2D eigenvalue weighted by atomic mass is 19.1. The molecule has 1 atom stereocenters. The van der Waals surface area contributed by atoms with E-state index in [1.807, 2.05) is 18.2 Å². The van der Waals surface area contributed by atoms with Gasteiger partial charge >= 0.3 is 0 Å². The summed E-state index contributed by atoms with van der Waals surface area (Å²) in [6, 6.07) is 15.9. The van der Waals surface area contributed by atoms with Crippen LogP contribution in [0.15, 0.2) is 54.6 Å². The summed E-state index contributed by atoms with van der Waals surface area (Å²) in [5, 5.41) is 9.89. The highest BCUT2D eigenvalue weighted by Gasteiger charge is 2.05. The number of hydrogen-bond donors (Lipinski definition) is 1. The van der Waals surface area contributed by atoms with E-state index in [-0.39, 0.29) is 12.4 Å². The number of aliphatic hydroxyl groups excluding tert-OH is 1. The second-order valence-electron chi connectivity index (χ2n) is 5.81. The number of unbranched alkanes of at least 4 members (excludes halogenated alkanes) is 2. The Labute approximate surface area is 143 Å². The van der Waals surface area contributed by atoms with Gasteiger partial charge in [0.05, 0.1) is 12.7 Å². The quantitative estimate of drug-likeness (QED) is 0.622. The van der Waals surface area contributed by atoms with E-state index < -0.39 is 6.10 Å². The largest absolute Gasteiger partial charge is 0.491 e. The molecule has 0 aromatic heterocycles. The van der Waals surface area contributed by atoms with Crippen LogP contribution in [0.2, 0.25) is 0 Å². The molecule has 2 rings (SSSR count). The van der Waals surface area contributed by atoms with Gasteiger partial charge in [0.2, 0.25) is 0 Å². The molecule has 0 saturated heterocycles. The van der Waals surface area contributed by atoms with Crippen LogP contribution in [0, 0.1) is 5.82 Å². The zero-order valence-corrected chi connectivity index (χ0v) is 13.9. The van der Waals surface area contributed by atoms with Crippen LogP contribution in [0.25, 0.3) is 0 Å². The molecular formula is C20H25FO3. The smallest absolute Gasteiger partial charge is 0.123 e. The molecule has 130 valence electrons. The van der Waals surface area contributed by atoms with Gasteiger partial charge in [-0.15, -0.1) is 0 Å². The lowest BCUT2D eigenvalue weighted by atomic mass is 10.1. The van der Waals surface area contributed by atoms with Gasteiger partial charge in [-0.05, 0) is 42.7 Å². The summed E-state index contributed by atoms with van der Waals surface area (Å²) in [5.74, 6) is 0.280. The van der Waals surface area contributed by atoms with Crippen LogP contribution in [0.5, 0.6) is 5.75 Å². The second-order valence-corrected chi connectivity index (χ2v) is 5.81. The molecule has 0 aliphatic heterocycles. The van der Waals surface area contributed by atoms with Gasteiger partial charge < -0.3 is 14.6 Å². The minimum absolute atomic E-state index is 0.232. The molecule has 3 nitrogen and oxygen atoms in total. The van der Waals surface area contributed by atoms with Crippen LogP contribution in [-0.2, 0) is 11.3 Å². The van der Waals surface area contributed by atoms with Crippen molar-refractivity contribution in [2.45, 2.75) is 38.4 Å². The molecule has 1 N–H and O–H groups in total. The van der Waals surface area contributed by atoms with Crippen LogP contribution >= 0.6 is 0 Å². The van der Waals surface area contributed by atoms with E-state index in [4.69, 9.17) is 9.47 Å². The lowest BCUT2D eigenvalue weighted by Gasteiger charge is -2.12. The Morgan fingerprint density at radius 1 is 0.917 bits per heavy atom. The number of halogens is 1. The Kier molecular flexibility index (Phi) is 8.28. The van der Waals surface area contributed by atoms with E-state index in [9.17, 15) is 9.50 Å². The van der Waals surface area contributed by atoms with Gasteiger partial charge in [0.1, 0.15) is 18.2 Å². The zero-order valence-electron chi connectivity index (χ0n) is 13.9. The number of hydrogen-bond acceptors (Lipinski definition) is 3. The summed E-state index contributed by atoms with van der Waals surface area (Å²) < 4.78 is 23.8. The minimum atomic E-state index is -0.500. The van der Waals surface area contributed by atoms with E-state index in [0.717, 1.165) is 25.9 Å². The van der Waals surface area contributed by atoms with Crippen LogP contribution in [0.4, 0.5) is 4.39 Å². The maximum absolute atomic E-state index is 12.8. The molecule has 2 aromatic rings. The molecular weight excluding hydrogens is 307 g/mol. The van der Waals surface area contributed by atoms with Gasteiger partial charge in [-0.1, -0.05) is 43.2 Å². The van der Waals surface area contributed by atoms with Gasteiger partial charge in [0.15, 0.2) is 0 Å². The monoisotopic (exact) mass is 332 g/mol. The Bertz CT molecular complexity index is 557. The highest BCUT2D eigenvalue weighted by molar-refractivity contribution is 5.22. The van der Waals surface area contributed by atoms with Crippen molar-refractivity contribution in [2.24, 2.45) is 0 Å².